The fourth-order valence-corrected chi connectivity index (χ4v) is 2.71. The first-order valence-electron chi connectivity index (χ1n) is 10.2. The minimum absolute atomic E-state index is 0.0108. The molecule has 0 atom stereocenters. The van der Waals surface area contributed by atoms with Crippen molar-refractivity contribution in [2.24, 2.45) is 0 Å². The van der Waals surface area contributed by atoms with Gasteiger partial charge >= 0.3 is 11.9 Å². The standard InChI is InChI=1S/C21H30FNO6/c1-2-3-4-5-6-7-8-14-28-20(24)10-9-11-21(25)29-16-17-15-18(23(26)27)12-13-19(17)22/h12-13,15H,2-11,14,16H2,1H3. The SMILES string of the molecule is CCCCCCCCCOC(=O)CCCC(=O)OCc1cc([N+](=O)[O-])ccc1F. The molecule has 0 unspecified atom stereocenters. The number of nitro benzene ring substituents is 1. The third-order valence-corrected chi connectivity index (χ3v) is 4.40. The Balaban J connectivity index is 2.12. The van der Waals surface area contributed by atoms with E-state index in [1.807, 2.05) is 0 Å². The van der Waals surface area contributed by atoms with Gasteiger partial charge in [-0.1, -0.05) is 45.4 Å². The van der Waals surface area contributed by atoms with Gasteiger partial charge in [0.25, 0.3) is 5.69 Å². The van der Waals surface area contributed by atoms with Crippen LogP contribution in [0.2, 0.25) is 0 Å². The first-order valence-corrected chi connectivity index (χ1v) is 10.2. The third kappa shape index (κ3) is 11.2. The van der Waals surface area contributed by atoms with E-state index in [0.29, 0.717) is 6.61 Å². The van der Waals surface area contributed by atoms with E-state index >= 15 is 0 Å². The lowest BCUT2D eigenvalue weighted by Gasteiger charge is -2.07. The number of benzene rings is 1. The van der Waals surface area contributed by atoms with Crippen molar-refractivity contribution in [3.05, 3.63) is 39.7 Å². The molecular weight excluding hydrogens is 381 g/mol. The van der Waals surface area contributed by atoms with Crippen molar-refractivity contribution in [2.45, 2.75) is 77.7 Å². The Bertz CT molecular complexity index is 665. The van der Waals surface area contributed by atoms with Crippen molar-refractivity contribution >= 4 is 17.6 Å². The fourth-order valence-electron chi connectivity index (χ4n) is 2.71. The normalized spacial score (nSPS) is 10.6. The van der Waals surface area contributed by atoms with E-state index in [2.05, 4.69) is 6.92 Å². The van der Waals surface area contributed by atoms with E-state index in [1.54, 1.807) is 0 Å². The number of nitrogens with zero attached hydrogens (tertiary/aromatic N) is 1. The molecule has 1 aromatic rings. The largest absolute Gasteiger partial charge is 0.466 e. The lowest BCUT2D eigenvalue weighted by Crippen LogP contribution is -2.09. The molecule has 0 heterocycles. The van der Waals surface area contributed by atoms with E-state index in [4.69, 9.17) is 9.47 Å². The predicted octanol–water partition coefficient (Wildman–Crippen LogP) is 5.24. The Labute approximate surface area is 170 Å². The Kier molecular flexibility index (Phi) is 12.2. The Morgan fingerprint density at radius 2 is 1.59 bits per heavy atom. The molecule has 0 bridgehead atoms. The summed E-state index contributed by atoms with van der Waals surface area (Å²) in [5.74, 6) is -1.64. The summed E-state index contributed by atoms with van der Waals surface area (Å²) in [6, 6.07) is 3.03. The van der Waals surface area contributed by atoms with Gasteiger partial charge in [-0.15, -0.1) is 0 Å². The number of carbonyl (C=O) groups is 2. The Morgan fingerprint density at radius 1 is 0.966 bits per heavy atom. The molecule has 0 saturated heterocycles. The second-order valence-corrected chi connectivity index (χ2v) is 6.89. The number of unbranched alkanes of at least 4 members (excludes halogenated alkanes) is 6. The van der Waals surface area contributed by atoms with Gasteiger partial charge in [-0.05, 0) is 18.9 Å². The van der Waals surface area contributed by atoms with Crippen molar-refractivity contribution in [3.8, 4) is 0 Å². The van der Waals surface area contributed by atoms with Gasteiger partial charge in [0.05, 0.1) is 11.5 Å². The monoisotopic (exact) mass is 411 g/mol. The number of carbonyl (C=O) groups excluding carboxylic acids is 2. The molecular formula is C21H30FNO6. The zero-order chi connectivity index (χ0) is 21.5. The number of hydrogen-bond acceptors (Lipinski definition) is 6. The number of halogens is 1. The number of esters is 2. The molecule has 0 aliphatic heterocycles. The quantitative estimate of drug-likeness (QED) is 0.169. The van der Waals surface area contributed by atoms with Gasteiger partial charge in [0.1, 0.15) is 12.4 Å². The summed E-state index contributed by atoms with van der Waals surface area (Å²) < 4.78 is 23.7. The highest BCUT2D eigenvalue weighted by atomic mass is 19.1. The number of nitro groups is 1. The molecule has 0 N–H and O–H groups in total. The third-order valence-electron chi connectivity index (χ3n) is 4.40. The van der Waals surface area contributed by atoms with Gasteiger partial charge < -0.3 is 9.47 Å². The molecule has 0 fully saturated rings. The van der Waals surface area contributed by atoms with Crippen LogP contribution in [-0.4, -0.2) is 23.5 Å². The molecule has 0 aliphatic rings. The summed E-state index contributed by atoms with van der Waals surface area (Å²) in [4.78, 5) is 33.4. The summed E-state index contributed by atoms with van der Waals surface area (Å²) in [6.45, 7) is 2.18. The van der Waals surface area contributed by atoms with Crippen LogP contribution in [0.1, 0.15) is 76.7 Å². The van der Waals surface area contributed by atoms with Crippen LogP contribution >= 0.6 is 0 Å². The molecule has 29 heavy (non-hydrogen) atoms. The van der Waals surface area contributed by atoms with Crippen LogP contribution in [0.25, 0.3) is 0 Å². The summed E-state index contributed by atoms with van der Waals surface area (Å²) >= 11 is 0. The number of non-ortho nitro benzene ring substituents is 1. The zero-order valence-electron chi connectivity index (χ0n) is 17.0. The van der Waals surface area contributed by atoms with E-state index in [-0.39, 0.29) is 36.5 Å². The van der Waals surface area contributed by atoms with Crippen LogP contribution in [0, 0.1) is 15.9 Å². The zero-order valence-corrected chi connectivity index (χ0v) is 17.0. The van der Waals surface area contributed by atoms with Gasteiger partial charge in [-0.3, -0.25) is 19.7 Å². The van der Waals surface area contributed by atoms with E-state index in [1.165, 1.54) is 25.7 Å². The molecule has 0 spiro atoms. The summed E-state index contributed by atoms with van der Waals surface area (Å²) in [5, 5.41) is 10.7. The maximum Gasteiger partial charge on any atom is 0.306 e. The second kappa shape index (κ2) is 14.5. The molecule has 0 amide bonds. The summed E-state index contributed by atoms with van der Waals surface area (Å²) in [7, 11) is 0. The van der Waals surface area contributed by atoms with Crippen molar-refractivity contribution in [1.82, 2.24) is 0 Å². The average molecular weight is 411 g/mol. The molecule has 8 heteroatoms. The predicted molar refractivity (Wildman–Crippen MR) is 106 cm³/mol. The van der Waals surface area contributed by atoms with Crippen molar-refractivity contribution in [3.63, 3.8) is 0 Å². The highest BCUT2D eigenvalue weighted by molar-refractivity contribution is 5.72. The van der Waals surface area contributed by atoms with Crippen LogP contribution in [0.5, 0.6) is 0 Å². The van der Waals surface area contributed by atoms with Gasteiger partial charge in [-0.25, -0.2) is 4.39 Å². The molecule has 0 saturated carbocycles. The van der Waals surface area contributed by atoms with Crippen molar-refractivity contribution in [1.29, 1.82) is 0 Å². The summed E-state index contributed by atoms with van der Waals surface area (Å²) in [6.07, 6.45) is 8.34. The van der Waals surface area contributed by atoms with Crippen LogP contribution < -0.4 is 0 Å². The topological polar surface area (TPSA) is 95.7 Å². The first kappa shape index (κ1) is 24.5. The van der Waals surface area contributed by atoms with Crippen LogP contribution in [0.4, 0.5) is 10.1 Å². The molecule has 1 rings (SSSR count). The molecule has 0 aliphatic carbocycles. The average Bonchev–Trinajstić information content (AvgIpc) is 2.69. The minimum atomic E-state index is -0.683. The lowest BCUT2D eigenvalue weighted by atomic mass is 10.1. The molecule has 162 valence electrons. The maximum absolute atomic E-state index is 13.6. The maximum atomic E-state index is 13.6. The number of ether oxygens (including phenoxy) is 2. The molecule has 7 nitrogen and oxygen atoms in total. The van der Waals surface area contributed by atoms with Crippen molar-refractivity contribution in [2.75, 3.05) is 6.61 Å². The van der Waals surface area contributed by atoms with Crippen LogP contribution in [-0.2, 0) is 25.7 Å². The molecule has 0 radical (unpaired) electrons. The molecule has 0 aromatic heterocycles. The van der Waals surface area contributed by atoms with Gasteiger partial charge in [0.15, 0.2) is 0 Å². The number of rotatable bonds is 15. The van der Waals surface area contributed by atoms with E-state index in [0.717, 1.165) is 37.5 Å². The Hall–Kier alpha value is -2.51. The highest BCUT2D eigenvalue weighted by Gasteiger charge is 2.13. The highest BCUT2D eigenvalue weighted by Crippen LogP contribution is 2.18. The second-order valence-electron chi connectivity index (χ2n) is 6.89. The van der Waals surface area contributed by atoms with Gasteiger partial charge in [0.2, 0.25) is 0 Å². The molecule has 1 aromatic carbocycles. The number of hydrogen-bond donors (Lipinski definition) is 0. The summed E-state index contributed by atoms with van der Waals surface area (Å²) in [5.41, 5.74) is -0.345. The minimum Gasteiger partial charge on any atom is -0.466 e. The van der Waals surface area contributed by atoms with Crippen molar-refractivity contribution < 1.29 is 28.4 Å². The smallest absolute Gasteiger partial charge is 0.306 e. The van der Waals surface area contributed by atoms with Gasteiger partial charge in [0, 0.05) is 30.5 Å². The van der Waals surface area contributed by atoms with E-state index < -0.39 is 23.3 Å². The van der Waals surface area contributed by atoms with Gasteiger partial charge in [-0.2, -0.15) is 0 Å². The fraction of sp³-hybridized carbons (Fsp3) is 0.619. The van der Waals surface area contributed by atoms with Crippen LogP contribution in [0.15, 0.2) is 18.2 Å². The lowest BCUT2D eigenvalue weighted by molar-refractivity contribution is -0.385. The Morgan fingerprint density at radius 3 is 2.24 bits per heavy atom. The van der Waals surface area contributed by atoms with Crippen LogP contribution in [0.3, 0.4) is 0 Å². The van der Waals surface area contributed by atoms with E-state index in [9.17, 15) is 24.1 Å². The first-order chi connectivity index (χ1) is 13.9.